The number of carbonyl (C=O) groups excluding carboxylic acids is 1. The third-order valence-corrected chi connectivity index (χ3v) is 3.97. The highest BCUT2D eigenvalue weighted by molar-refractivity contribution is 6.04. The van der Waals surface area contributed by atoms with Crippen LogP contribution >= 0.6 is 0 Å². The van der Waals surface area contributed by atoms with Crippen LogP contribution < -0.4 is 15.1 Å². The smallest absolute Gasteiger partial charge is 0.256 e. The molecule has 0 saturated carbocycles. The molecule has 1 aliphatic heterocycles. The molecule has 3 rings (SSSR count). The van der Waals surface area contributed by atoms with Crippen molar-refractivity contribution in [1.29, 1.82) is 0 Å². The fourth-order valence-corrected chi connectivity index (χ4v) is 2.63. The molecule has 1 aliphatic rings. The van der Waals surface area contributed by atoms with Gasteiger partial charge in [-0.15, -0.1) is 0 Å². The van der Waals surface area contributed by atoms with Crippen LogP contribution in [0.3, 0.4) is 0 Å². The maximum atomic E-state index is 12.3. The van der Waals surface area contributed by atoms with Crippen molar-refractivity contribution in [3.63, 3.8) is 0 Å². The average molecular weight is 311 g/mol. The van der Waals surface area contributed by atoms with Gasteiger partial charge in [-0.1, -0.05) is 0 Å². The molecule has 0 unspecified atom stereocenters. The third kappa shape index (κ3) is 3.59. The van der Waals surface area contributed by atoms with Crippen LogP contribution in [0.2, 0.25) is 0 Å². The quantitative estimate of drug-likeness (QED) is 0.939. The topological polar surface area (TPSA) is 61.4 Å². The number of anilines is 3. The summed E-state index contributed by atoms with van der Waals surface area (Å²) >= 11 is 0. The number of hydrogen-bond acceptors (Lipinski definition) is 5. The molecule has 0 atom stereocenters. The summed E-state index contributed by atoms with van der Waals surface area (Å²) in [6, 6.07) is 9.30. The molecule has 1 aromatic heterocycles. The molecule has 1 aromatic carbocycles. The van der Waals surface area contributed by atoms with Crippen molar-refractivity contribution in [2.75, 3.05) is 42.3 Å². The van der Waals surface area contributed by atoms with Crippen LogP contribution in [-0.4, -0.2) is 43.1 Å². The van der Waals surface area contributed by atoms with E-state index in [0.717, 1.165) is 24.6 Å². The molecule has 6 nitrogen and oxygen atoms in total. The number of amides is 1. The van der Waals surface area contributed by atoms with Gasteiger partial charge in [0.25, 0.3) is 5.91 Å². The Balaban J connectivity index is 1.71. The summed E-state index contributed by atoms with van der Waals surface area (Å²) in [6.07, 6.45) is 3.87. The van der Waals surface area contributed by atoms with Crippen LogP contribution in [-0.2, 0) is 0 Å². The normalized spacial score (nSPS) is 13.9. The van der Waals surface area contributed by atoms with Gasteiger partial charge in [0.15, 0.2) is 0 Å². The van der Waals surface area contributed by atoms with Crippen molar-refractivity contribution in [1.82, 2.24) is 9.97 Å². The lowest BCUT2D eigenvalue weighted by Gasteiger charge is -2.16. The molecular formula is C17H21N5O. The van der Waals surface area contributed by atoms with E-state index in [-0.39, 0.29) is 5.91 Å². The van der Waals surface area contributed by atoms with Crippen LogP contribution in [0.15, 0.2) is 36.7 Å². The van der Waals surface area contributed by atoms with Crippen molar-refractivity contribution in [3.8, 4) is 0 Å². The maximum Gasteiger partial charge on any atom is 0.256 e. The Morgan fingerprint density at radius 1 is 1.13 bits per heavy atom. The lowest BCUT2D eigenvalue weighted by molar-refractivity contribution is 0.102. The molecule has 1 amide bonds. The van der Waals surface area contributed by atoms with E-state index >= 15 is 0 Å². The van der Waals surface area contributed by atoms with E-state index in [1.807, 2.05) is 49.3 Å². The molecule has 120 valence electrons. The Kier molecular flexibility index (Phi) is 4.41. The second-order valence-corrected chi connectivity index (χ2v) is 5.85. The highest BCUT2D eigenvalue weighted by atomic mass is 16.1. The van der Waals surface area contributed by atoms with E-state index in [0.29, 0.717) is 11.4 Å². The number of hydrogen-bond donors (Lipinski definition) is 1. The molecule has 0 aliphatic carbocycles. The molecule has 1 N–H and O–H groups in total. The molecule has 2 heterocycles. The summed E-state index contributed by atoms with van der Waals surface area (Å²) < 4.78 is 0. The summed E-state index contributed by atoms with van der Waals surface area (Å²) in [6.45, 7) is 2.02. The number of aromatic nitrogens is 2. The zero-order valence-electron chi connectivity index (χ0n) is 13.5. The second kappa shape index (κ2) is 6.64. The highest BCUT2D eigenvalue weighted by Gasteiger charge is 2.15. The lowest BCUT2D eigenvalue weighted by Crippen LogP contribution is -2.20. The van der Waals surface area contributed by atoms with Crippen LogP contribution in [0.1, 0.15) is 23.2 Å². The first kappa shape index (κ1) is 15.3. The zero-order valence-corrected chi connectivity index (χ0v) is 13.5. The first-order valence-electron chi connectivity index (χ1n) is 7.79. The van der Waals surface area contributed by atoms with Crippen molar-refractivity contribution in [3.05, 3.63) is 42.2 Å². The summed E-state index contributed by atoms with van der Waals surface area (Å²) in [5.41, 5.74) is 1.66. The van der Waals surface area contributed by atoms with Gasteiger partial charge in [0.05, 0.1) is 0 Å². The van der Waals surface area contributed by atoms with Crippen molar-refractivity contribution in [2.45, 2.75) is 12.8 Å². The molecule has 0 bridgehead atoms. The van der Waals surface area contributed by atoms with Crippen molar-refractivity contribution < 1.29 is 4.79 Å². The molecular weight excluding hydrogens is 290 g/mol. The Hall–Kier alpha value is -2.63. The van der Waals surface area contributed by atoms with E-state index < -0.39 is 0 Å². The zero-order chi connectivity index (χ0) is 16.2. The summed E-state index contributed by atoms with van der Waals surface area (Å²) in [5, 5.41) is 2.84. The number of nitrogens with one attached hydrogen (secondary N) is 1. The van der Waals surface area contributed by atoms with Gasteiger partial charge in [-0.3, -0.25) is 4.79 Å². The molecule has 6 heteroatoms. The van der Waals surface area contributed by atoms with Crippen LogP contribution in [0, 0.1) is 0 Å². The minimum atomic E-state index is -0.165. The lowest BCUT2D eigenvalue weighted by atomic mass is 10.2. The largest absolute Gasteiger partial charge is 0.378 e. The van der Waals surface area contributed by atoms with Gasteiger partial charge in [0.2, 0.25) is 0 Å². The van der Waals surface area contributed by atoms with Gasteiger partial charge >= 0.3 is 0 Å². The standard InChI is InChI=1S/C17H21N5O/c1-21(2)14-7-5-13(6-8-14)17(23)20-15-11-16(19-12-18-15)22-9-3-4-10-22/h5-8,11-12H,3-4,9-10H2,1-2H3,(H,18,19,20,23). The average Bonchev–Trinajstić information content (AvgIpc) is 3.10. The maximum absolute atomic E-state index is 12.3. The number of benzene rings is 1. The Labute approximate surface area is 136 Å². The molecule has 0 radical (unpaired) electrons. The Morgan fingerprint density at radius 3 is 2.48 bits per heavy atom. The van der Waals surface area contributed by atoms with Gasteiger partial charge < -0.3 is 15.1 Å². The molecule has 0 spiro atoms. The van der Waals surface area contributed by atoms with Crippen molar-refractivity contribution >= 4 is 23.2 Å². The van der Waals surface area contributed by atoms with Gasteiger partial charge in [-0.2, -0.15) is 0 Å². The first-order valence-corrected chi connectivity index (χ1v) is 7.79. The second-order valence-electron chi connectivity index (χ2n) is 5.85. The Bertz CT molecular complexity index is 678. The summed E-state index contributed by atoms with van der Waals surface area (Å²) in [5.74, 6) is 1.24. The highest BCUT2D eigenvalue weighted by Crippen LogP contribution is 2.20. The fraction of sp³-hybridized carbons (Fsp3) is 0.353. The van der Waals surface area contributed by atoms with E-state index in [9.17, 15) is 4.79 Å². The minimum Gasteiger partial charge on any atom is -0.378 e. The molecule has 1 saturated heterocycles. The monoisotopic (exact) mass is 311 g/mol. The predicted octanol–water partition coefficient (Wildman–Crippen LogP) is 2.40. The predicted molar refractivity (Wildman–Crippen MR) is 92.2 cm³/mol. The summed E-state index contributed by atoms with van der Waals surface area (Å²) in [4.78, 5) is 25.0. The number of nitrogens with zero attached hydrogens (tertiary/aromatic N) is 4. The molecule has 1 fully saturated rings. The van der Waals surface area contributed by atoms with E-state index in [1.165, 1.54) is 19.2 Å². The van der Waals surface area contributed by atoms with Crippen LogP contribution in [0.5, 0.6) is 0 Å². The number of rotatable bonds is 4. The van der Waals surface area contributed by atoms with Gasteiger partial charge in [-0.05, 0) is 37.1 Å². The minimum absolute atomic E-state index is 0.165. The third-order valence-electron chi connectivity index (χ3n) is 3.97. The van der Waals surface area contributed by atoms with E-state index in [1.54, 1.807) is 0 Å². The van der Waals surface area contributed by atoms with E-state index in [4.69, 9.17) is 0 Å². The van der Waals surface area contributed by atoms with Crippen LogP contribution in [0.25, 0.3) is 0 Å². The first-order chi connectivity index (χ1) is 11.1. The number of carbonyl (C=O) groups is 1. The van der Waals surface area contributed by atoms with Crippen LogP contribution in [0.4, 0.5) is 17.3 Å². The SMILES string of the molecule is CN(C)c1ccc(C(=O)Nc2cc(N3CCCC3)ncn2)cc1. The van der Waals surface area contributed by atoms with E-state index in [2.05, 4.69) is 20.2 Å². The fourth-order valence-electron chi connectivity index (χ4n) is 2.63. The van der Waals surface area contributed by atoms with Gasteiger partial charge in [0, 0.05) is 44.5 Å². The Morgan fingerprint density at radius 2 is 1.83 bits per heavy atom. The van der Waals surface area contributed by atoms with Gasteiger partial charge in [-0.25, -0.2) is 9.97 Å². The van der Waals surface area contributed by atoms with Crippen molar-refractivity contribution in [2.24, 2.45) is 0 Å². The summed E-state index contributed by atoms with van der Waals surface area (Å²) in [7, 11) is 3.94. The molecule has 23 heavy (non-hydrogen) atoms. The molecule has 2 aromatic rings. The van der Waals surface area contributed by atoms with Gasteiger partial charge in [0.1, 0.15) is 18.0 Å².